The van der Waals surface area contributed by atoms with E-state index in [0.717, 1.165) is 12.1 Å². The lowest BCUT2D eigenvalue weighted by molar-refractivity contribution is 0.0651. The summed E-state index contributed by atoms with van der Waals surface area (Å²) in [6.45, 7) is 0. The van der Waals surface area contributed by atoms with Crippen LogP contribution in [0.15, 0.2) is 12.1 Å². The van der Waals surface area contributed by atoms with Crippen molar-refractivity contribution in [2.75, 3.05) is 0 Å². The summed E-state index contributed by atoms with van der Waals surface area (Å²) in [5.74, 6) is 4.73. The molecule has 1 rings (SSSR count). The molecule has 10 heteroatoms. The number of carbonyl (C=O) groups is 4. The SMILES string of the molecule is NNC(=O)c1cc(C(=O)O)c(C(=O)O)cc1C(=O)NN. The molecule has 106 valence electrons. The Hall–Kier alpha value is -2.98. The molecule has 0 atom stereocenters. The highest BCUT2D eigenvalue weighted by Crippen LogP contribution is 2.18. The molecule has 0 spiro atoms. The fraction of sp³-hybridized carbons (Fsp3) is 0. The van der Waals surface area contributed by atoms with E-state index in [1.807, 2.05) is 0 Å². The first-order chi connectivity index (χ1) is 9.33. The summed E-state index contributed by atoms with van der Waals surface area (Å²) in [4.78, 5) is 45.0. The van der Waals surface area contributed by atoms with Crippen molar-refractivity contribution in [3.8, 4) is 0 Å². The second kappa shape index (κ2) is 5.77. The van der Waals surface area contributed by atoms with Crippen LogP contribution < -0.4 is 22.5 Å². The Kier molecular flexibility index (Phi) is 4.35. The van der Waals surface area contributed by atoms with Gasteiger partial charge in [0.15, 0.2) is 0 Å². The van der Waals surface area contributed by atoms with Gasteiger partial charge in [0.1, 0.15) is 0 Å². The van der Waals surface area contributed by atoms with Crippen molar-refractivity contribution < 1.29 is 29.4 Å². The normalized spacial score (nSPS) is 9.70. The van der Waals surface area contributed by atoms with Gasteiger partial charge in [0, 0.05) is 0 Å². The average molecular weight is 282 g/mol. The molecule has 0 radical (unpaired) electrons. The first kappa shape index (κ1) is 15.1. The topological polar surface area (TPSA) is 185 Å². The van der Waals surface area contributed by atoms with Gasteiger partial charge in [0.2, 0.25) is 0 Å². The van der Waals surface area contributed by atoms with Gasteiger partial charge in [0.05, 0.1) is 22.3 Å². The van der Waals surface area contributed by atoms with E-state index >= 15 is 0 Å². The van der Waals surface area contributed by atoms with E-state index < -0.39 is 46.0 Å². The Labute approximate surface area is 111 Å². The van der Waals surface area contributed by atoms with Crippen LogP contribution in [0.1, 0.15) is 41.4 Å². The number of carboxylic acids is 2. The number of nitrogens with two attached hydrogens (primary N) is 2. The zero-order valence-corrected chi connectivity index (χ0v) is 9.84. The molecule has 0 aliphatic carbocycles. The maximum atomic E-state index is 11.5. The van der Waals surface area contributed by atoms with Gasteiger partial charge in [-0.25, -0.2) is 21.3 Å². The molecule has 1 aromatic carbocycles. The van der Waals surface area contributed by atoms with E-state index in [-0.39, 0.29) is 0 Å². The van der Waals surface area contributed by atoms with Gasteiger partial charge >= 0.3 is 11.9 Å². The minimum Gasteiger partial charge on any atom is -0.478 e. The summed E-state index contributed by atoms with van der Waals surface area (Å²) in [6.07, 6.45) is 0. The van der Waals surface area contributed by atoms with E-state index in [9.17, 15) is 19.2 Å². The molecule has 2 amide bonds. The number of hydrazine groups is 2. The summed E-state index contributed by atoms with van der Waals surface area (Å²) in [6, 6.07) is 1.47. The third-order valence-electron chi connectivity index (χ3n) is 2.37. The first-order valence-electron chi connectivity index (χ1n) is 5.00. The van der Waals surface area contributed by atoms with Crippen molar-refractivity contribution >= 4 is 23.8 Å². The van der Waals surface area contributed by atoms with Crippen molar-refractivity contribution in [1.82, 2.24) is 10.9 Å². The Morgan fingerprint density at radius 1 is 0.750 bits per heavy atom. The van der Waals surface area contributed by atoms with Gasteiger partial charge in [-0.3, -0.25) is 20.4 Å². The Morgan fingerprint density at radius 3 is 1.25 bits per heavy atom. The standard InChI is InChI=1S/C10H10N4O6/c11-13-7(15)3-1-5(9(17)18)6(10(19)20)2-4(3)8(16)14-12/h1-2H,11-12H2,(H,13,15)(H,14,16)(H,17,18)(H,19,20). The molecule has 0 saturated carbocycles. The number of nitrogens with one attached hydrogen (secondary N) is 2. The predicted molar refractivity (Wildman–Crippen MR) is 63.7 cm³/mol. The van der Waals surface area contributed by atoms with Crippen LogP contribution in [-0.4, -0.2) is 34.0 Å². The molecule has 20 heavy (non-hydrogen) atoms. The van der Waals surface area contributed by atoms with Crippen LogP contribution in [0.25, 0.3) is 0 Å². The predicted octanol–water partition coefficient (Wildman–Crippen LogP) is -1.71. The molecular formula is C10H10N4O6. The quantitative estimate of drug-likeness (QED) is 0.214. The Bertz CT molecular complexity index is 559. The van der Waals surface area contributed by atoms with Crippen LogP contribution >= 0.6 is 0 Å². The van der Waals surface area contributed by atoms with Crippen molar-refractivity contribution in [3.05, 3.63) is 34.4 Å². The molecule has 8 N–H and O–H groups in total. The van der Waals surface area contributed by atoms with Crippen LogP contribution in [-0.2, 0) is 0 Å². The van der Waals surface area contributed by atoms with Gasteiger partial charge < -0.3 is 10.2 Å². The summed E-state index contributed by atoms with van der Waals surface area (Å²) in [7, 11) is 0. The molecule has 10 nitrogen and oxygen atoms in total. The number of carbonyl (C=O) groups excluding carboxylic acids is 2. The fourth-order valence-electron chi connectivity index (χ4n) is 1.48. The molecular weight excluding hydrogens is 272 g/mol. The Morgan fingerprint density at radius 2 is 1.05 bits per heavy atom. The lowest BCUT2D eigenvalue weighted by Crippen LogP contribution is -2.36. The van der Waals surface area contributed by atoms with Crippen LogP contribution in [0.5, 0.6) is 0 Å². The minimum absolute atomic E-state index is 0.419. The van der Waals surface area contributed by atoms with Gasteiger partial charge in [-0.1, -0.05) is 0 Å². The number of carboxylic acid groups (broad SMARTS) is 2. The molecule has 0 saturated heterocycles. The first-order valence-corrected chi connectivity index (χ1v) is 5.00. The molecule has 1 aromatic rings. The van der Waals surface area contributed by atoms with Crippen molar-refractivity contribution in [2.45, 2.75) is 0 Å². The van der Waals surface area contributed by atoms with Crippen molar-refractivity contribution in [3.63, 3.8) is 0 Å². The largest absolute Gasteiger partial charge is 0.478 e. The number of hydrogen-bond donors (Lipinski definition) is 6. The average Bonchev–Trinajstić information content (AvgIpc) is 2.43. The highest BCUT2D eigenvalue weighted by molar-refractivity contribution is 6.11. The maximum Gasteiger partial charge on any atom is 0.336 e. The lowest BCUT2D eigenvalue weighted by atomic mass is 9.97. The zero-order chi connectivity index (χ0) is 15.4. The second-order valence-electron chi connectivity index (χ2n) is 3.50. The third kappa shape index (κ3) is 2.71. The summed E-state index contributed by atoms with van der Waals surface area (Å²) in [5.41, 5.74) is 1.27. The molecule has 0 heterocycles. The van der Waals surface area contributed by atoms with E-state index in [4.69, 9.17) is 21.9 Å². The number of rotatable bonds is 4. The number of amides is 2. The van der Waals surface area contributed by atoms with Crippen LogP contribution in [0.4, 0.5) is 0 Å². The third-order valence-corrected chi connectivity index (χ3v) is 2.37. The number of aromatic carboxylic acids is 2. The molecule has 0 aromatic heterocycles. The van der Waals surface area contributed by atoms with Gasteiger partial charge in [-0.15, -0.1) is 0 Å². The Balaban J connectivity index is 3.69. The van der Waals surface area contributed by atoms with Crippen molar-refractivity contribution in [2.24, 2.45) is 11.7 Å². The highest BCUT2D eigenvalue weighted by atomic mass is 16.4. The second-order valence-corrected chi connectivity index (χ2v) is 3.50. The molecule has 0 unspecified atom stereocenters. The summed E-state index contributed by atoms with van der Waals surface area (Å²) >= 11 is 0. The maximum absolute atomic E-state index is 11.5. The molecule has 0 bridgehead atoms. The number of nitrogen functional groups attached to an aromatic ring is 2. The molecule has 0 aliphatic heterocycles. The summed E-state index contributed by atoms with van der Waals surface area (Å²) < 4.78 is 0. The fourth-order valence-corrected chi connectivity index (χ4v) is 1.48. The number of benzene rings is 1. The van der Waals surface area contributed by atoms with E-state index in [1.54, 1.807) is 10.9 Å². The van der Waals surface area contributed by atoms with Gasteiger partial charge in [-0.2, -0.15) is 0 Å². The van der Waals surface area contributed by atoms with E-state index in [0.29, 0.717) is 0 Å². The monoisotopic (exact) mass is 282 g/mol. The van der Waals surface area contributed by atoms with Gasteiger partial charge in [-0.05, 0) is 12.1 Å². The lowest BCUT2D eigenvalue weighted by Gasteiger charge is -2.10. The molecule has 0 fully saturated rings. The molecule has 0 aliphatic rings. The van der Waals surface area contributed by atoms with Crippen molar-refractivity contribution in [1.29, 1.82) is 0 Å². The van der Waals surface area contributed by atoms with E-state index in [2.05, 4.69) is 0 Å². The number of hydrogen-bond acceptors (Lipinski definition) is 6. The van der Waals surface area contributed by atoms with Crippen LogP contribution in [0.3, 0.4) is 0 Å². The van der Waals surface area contributed by atoms with Gasteiger partial charge in [0.25, 0.3) is 11.8 Å². The van der Waals surface area contributed by atoms with E-state index in [1.165, 1.54) is 0 Å². The van der Waals surface area contributed by atoms with Crippen LogP contribution in [0, 0.1) is 0 Å². The zero-order valence-electron chi connectivity index (χ0n) is 9.84. The van der Waals surface area contributed by atoms with Crippen LogP contribution in [0.2, 0.25) is 0 Å². The highest BCUT2D eigenvalue weighted by Gasteiger charge is 2.24. The smallest absolute Gasteiger partial charge is 0.336 e. The summed E-state index contributed by atoms with van der Waals surface area (Å²) in [5, 5.41) is 17.9. The minimum atomic E-state index is -1.58.